The largest absolute Gasteiger partial charge is 0.433 e. The van der Waals surface area contributed by atoms with Crippen molar-refractivity contribution in [2.24, 2.45) is 0 Å². The molecule has 0 saturated heterocycles. The van der Waals surface area contributed by atoms with Crippen molar-refractivity contribution in [1.82, 2.24) is 0 Å². The Morgan fingerprint density at radius 2 is 1.84 bits per heavy atom. The number of alkyl halides is 3. The van der Waals surface area contributed by atoms with Crippen LogP contribution in [0.5, 0.6) is 0 Å². The highest BCUT2D eigenvalue weighted by Crippen LogP contribution is 2.41. The molecule has 0 amide bonds. The van der Waals surface area contributed by atoms with E-state index in [0.717, 1.165) is 12.5 Å². The zero-order chi connectivity index (χ0) is 19.9. The molecular weight excluding hydrogens is 383 g/mol. The third-order valence-corrected chi connectivity index (χ3v) is 2.98. The molecule has 1 rings (SSSR count). The van der Waals surface area contributed by atoms with Gasteiger partial charge in [0.25, 0.3) is 10.1 Å². The van der Waals surface area contributed by atoms with Crippen LogP contribution in [0.25, 0.3) is 0 Å². The molecule has 0 heterocycles. The van der Waals surface area contributed by atoms with E-state index in [9.17, 15) is 26.7 Å². The van der Waals surface area contributed by atoms with Crippen LogP contribution in [0.2, 0.25) is 5.02 Å². The minimum absolute atomic E-state index is 0.0484. The highest BCUT2D eigenvalue weighted by molar-refractivity contribution is 7.85. The fourth-order valence-corrected chi connectivity index (χ4v) is 1.76. The number of benzene rings is 1. The predicted molar refractivity (Wildman–Crippen MR) is 90.6 cm³/mol. The molecular formula is C15H19ClF3NO4S. The normalized spacial score (nSPS) is 13.8. The molecule has 142 valence electrons. The first-order valence-electron chi connectivity index (χ1n) is 6.99. The second-order valence-corrected chi connectivity index (χ2v) is 6.98. The van der Waals surface area contributed by atoms with Crippen LogP contribution in [-0.4, -0.2) is 30.5 Å². The number of unbranched alkanes of at least 4 members (excludes halogenated alkanes) is 2. The van der Waals surface area contributed by atoms with Crippen molar-refractivity contribution in [3.63, 3.8) is 0 Å². The molecule has 25 heavy (non-hydrogen) atoms. The molecule has 0 unspecified atom stereocenters. The summed E-state index contributed by atoms with van der Waals surface area (Å²) in [5.74, 6) is 4.26. The van der Waals surface area contributed by atoms with Crippen LogP contribution in [0.1, 0.15) is 31.7 Å². The molecule has 10 heteroatoms. The lowest BCUT2D eigenvalue weighted by atomic mass is 9.92. The lowest BCUT2D eigenvalue weighted by Crippen LogP contribution is -2.41. The summed E-state index contributed by atoms with van der Waals surface area (Å²) in [7, 11) is -3.67. The van der Waals surface area contributed by atoms with Gasteiger partial charge < -0.3 is 10.8 Å². The Balaban J connectivity index is 0.00000101. The van der Waals surface area contributed by atoms with E-state index in [1.165, 1.54) is 12.1 Å². The smallest absolute Gasteiger partial charge is 0.398 e. The zero-order valence-corrected chi connectivity index (χ0v) is 15.1. The van der Waals surface area contributed by atoms with Crippen molar-refractivity contribution in [2.75, 3.05) is 12.0 Å². The van der Waals surface area contributed by atoms with E-state index >= 15 is 0 Å². The van der Waals surface area contributed by atoms with Gasteiger partial charge in [0.1, 0.15) is 0 Å². The Labute approximate surface area is 149 Å². The summed E-state index contributed by atoms with van der Waals surface area (Å²) in [6.45, 7) is 1.90. The van der Waals surface area contributed by atoms with E-state index in [2.05, 4.69) is 5.92 Å². The molecule has 4 N–H and O–H groups in total. The van der Waals surface area contributed by atoms with Gasteiger partial charge in [0.15, 0.2) is 0 Å². The summed E-state index contributed by atoms with van der Waals surface area (Å²) in [5, 5.41) is 10.0. The van der Waals surface area contributed by atoms with Gasteiger partial charge in [-0.25, -0.2) is 0 Å². The van der Waals surface area contributed by atoms with Gasteiger partial charge in [-0.1, -0.05) is 36.8 Å². The fraction of sp³-hybridized carbons (Fsp3) is 0.467. The molecule has 0 spiro atoms. The molecule has 0 radical (unpaired) electrons. The quantitative estimate of drug-likeness (QED) is 0.312. The van der Waals surface area contributed by atoms with Crippen LogP contribution in [0, 0.1) is 11.8 Å². The van der Waals surface area contributed by atoms with E-state index in [-0.39, 0.29) is 17.1 Å². The van der Waals surface area contributed by atoms with Crippen LogP contribution >= 0.6 is 11.6 Å². The molecule has 5 nitrogen and oxygen atoms in total. The van der Waals surface area contributed by atoms with Gasteiger partial charge in [0.05, 0.1) is 6.26 Å². The number of hydrogen-bond acceptors (Lipinski definition) is 4. The highest BCUT2D eigenvalue weighted by Gasteiger charge is 2.55. The summed E-state index contributed by atoms with van der Waals surface area (Å²) in [6, 6.07) is 3.54. The molecule has 0 bridgehead atoms. The highest BCUT2D eigenvalue weighted by atomic mass is 35.5. The second kappa shape index (κ2) is 9.29. The fourth-order valence-electron chi connectivity index (χ4n) is 1.59. The average molecular weight is 402 g/mol. The van der Waals surface area contributed by atoms with Crippen LogP contribution in [0.4, 0.5) is 18.9 Å². The van der Waals surface area contributed by atoms with Gasteiger partial charge in [0.2, 0.25) is 5.60 Å². The van der Waals surface area contributed by atoms with Gasteiger partial charge in [-0.3, -0.25) is 4.55 Å². The minimum atomic E-state index is -4.97. The van der Waals surface area contributed by atoms with Crippen LogP contribution in [0.15, 0.2) is 18.2 Å². The summed E-state index contributed by atoms with van der Waals surface area (Å²) in [4.78, 5) is 0. The molecule has 1 aromatic rings. The Morgan fingerprint density at radius 3 is 2.28 bits per heavy atom. The SMILES string of the molecule is CCCCC#C[C@](O)(c1cc(Cl)ccc1N)C(F)(F)F.CS(=O)(=O)O. The van der Waals surface area contributed by atoms with E-state index in [4.69, 9.17) is 21.9 Å². The standard InChI is InChI=1S/C14H15ClF3NO.CH4O3S/c1-2-3-4-5-8-13(20,14(16,17)18)11-9-10(15)6-7-12(11)19;1-5(2,3)4/h6-7,9,20H,2-4,19H2,1H3;1H3,(H,2,3,4)/t13-;/m0./s1. The van der Waals surface area contributed by atoms with Crippen LogP contribution in [0.3, 0.4) is 0 Å². The minimum Gasteiger partial charge on any atom is -0.398 e. The summed E-state index contributed by atoms with van der Waals surface area (Å²) >= 11 is 5.67. The second-order valence-electron chi connectivity index (χ2n) is 5.08. The molecule has 0 aliphatic carbocycles. The van der Waals surface area contributed by atoms with Crippen molar-refractivity contribution in [3.8, 4) is 11.8 Å². The molecule has 0 aromatic heterocycles. The third-order valence-electron chi connectivity index (χ3n) is 2.74. The lowest BCUT2D eigenvalue weighted by molar-refractivity contribution is -0.240. The first-order chi connectivity index (χ1) is 11.2. The van der Waals surface area contributed by atoms with Gasteiger partial charge in [0, 0.05) is 22.7 Å². The number of rotatable bonds is 3. The number of halogens is 4. The van der Waals surface area contributed by atoms with Crippen molar-refractivity contribution in [1.29, 1.82) is 0 Å². The topological polar surface area (TPSA) is 101 Å². The molecule has 0 fully saturated rings. The number of hydrogen-bond donors (Lipinski definition) is 3. The van der Waals surface area contributed by atoms with E-state index in [1.54, 1.807) is 0 Å². The number of nitrogen functional groups attached to an aromatic ring is 1. The number of nitrogens with two attached hydrogens (primary N) is 1. The van der Waals surface area contributed by atoms with E-state index < -0.39 is 27.5 Å². The molecule has 0 saturated carbocycles. The van der Waals surface area contributed by atoms with E-state index in [0.29, 0.717) is 12.7 Å². The molecule has 1 aromatic carbocycles. The van der Waals surface area contributed by atoms with Crippen LogP contribution in [-0.2, 0) is 15.7 Å². The van der Waals surface area contributed by atoms with Crippen molar-refractivity contribution < 1.29 is 31.2 Å². The Hall–Kier alpha value is -1.47. The summed E-state index contributed by atoms with van der Waals surface area (Å²) in [5.41, 5.74) is 1.46. The van der Waals surface area contributed by atoms with Crippen molar-refractivity contribution >= 4 is 27.4 Å². The first-order valence-corrected chi connectivity index (χ1v) is 9.22. The van der Waals surface area contributed by atoms with Gasteiger partial charge in [-0.15, -0.1) is 0 Å². The summed E-state index contributed by atoms with van der Waals surface area (Å²) < 4.78 is 65.3. The van der Waals surface area contributed by atoms with Gasteiger partial charge in [-0.2, -0.15) is 21.6 Å². The zero-order valence-electron chi connectivity index (χ0n) is 13.6. The monoisotopic (exact) mass is 401 g/mol. The molecule has 0 aliphatic rings. The number of anilines is 1. The summed E-state index contributed by atoms with van der Waals surface area (Å²) in [6.07, 6.45) is -2.52. The first kappa shape index (κ1) is 23.5. The maximum atomic E-state index is 13.2. The average Bonchev–Trinajstić information content (AvgIpc) is 2.43. The lowest BCUT2D eigenvalue weighted by Gasteiger charge is -2.27. The van der Waals surface area contributed by atoms with E-state index in [1.807, 2.05) is 12.8 Å². The van der Waals surface area contributed by atoms with Gasteiger partial charge in [-0.05, 0) is 24.6 Å². The maximum Gasteiger partial charge on any atom is 0.433 e. The van der Waals surface area contributed by atoms with Gasteiger partial charge >= 0.3 is 6.18 Å². The predicted octanol–water partition coefficient (Wildman–Crippen LogP) is 3.37. The Morgan fingerprint density at radius 1 is 1.32 bits per heavy atom. The van der Waals surface area contributed by atoms with Crippen molar-refractivity contribution in [2.45, 2.75) is 38.0 Å². The molecule has 0 aliphatic heterocycles. The maximum absolute atomic E-state index is 13.2. The Kier molecular flexibility index (Phi) is 8.74. The van der Waals surface area contributed by atoms with Crippen LogP contribution < -0.4 is 5.73 Å². The third kappa shape index (κ3) is 8.45. The Bertz CT molecular complexity index is 733. The van der Waals surface area contributed by atoms with Crippen molar-refractivity contribution in [3.05, 3.63) is 28.8 Å². The number of aliphatic hydroxyl groups is 1. The molecule has 1 atom stereocenters.